The monoisotopic (exact) mass is 141 g/mol. The standard InChI is InChI=1S/C5H7N3O2/c1-2-3(9)4-7-5(6)10-8-4/h2H2,1H3,(H2,6,7,8). The fourth-order valence-electron chi connectivity index (χ4n) is 0.507. The number of Topliss-reactive ketones (excluding diaryl/α,β-unsaturated/α-hetero) is 1. The van der Waals surface area contributed by atoms with Crippen LogP contribution in [0.4, 0.5) is 6.01 Å². The molecular weight excluding hydrogens is 134 g/mol. The number of nitrogens with zero attached hydrogens (tertiary/aromatic N) is 2. The van der Waals surface area contributed by atoms with Crippen LogP contribution in [0, 0.1) is 0 Å². The van der Waals surface area contributed by atoms with Crippen LogP contribution in [0.2, 0.25) is 0 Å². The number of ketones is 1. The van der Waals surface area contributed by atoms with E-state index in [1.54, 1.807) is 6.92 Å². The molecule has 0 bridgehead atoms. The summed E-state index contributed by atoms with van der Waals surface area (Å²) < 4.78 is 4.38. The summed E-state index contributed by atoms with van der Waals surface area (Å²) in [6, 6.07) is -0.0724. The third-order valence-electron chi connectivity index (χ3n) is 1.01. The van der Waals surface area contributed by atoms with Crippen LogP contribution in [-0.4, -0.2) is 15.9 Å². The Labute approximate surface area is 57.2 Å². The summed E-state index contributed by atoms with van der Waals surface area (Å²) >= 11 is 0. The van der Waals surface area contributed by atoms with Gasteiger partial charge in [-0.15, -0.1) is 0 Å². The molecule has 1 aromatic rings. The fourth-order valence-corrected chi connectivity index (χ4v) is 0.507. The number of carbonyl (C=O) groups is 1. The van der Waals surface area contributed by atoms with Crippen LogP contribution < -0.4 is 5.73 Å². The van der Waals surface area contributed by atoms with Crippen molar-refractivity contribution in [3.8, 4) is 0 Å². The number of hydrogen-bond donors (Lipinski definition) is 1. The Bertz CT molecular complexity index is 243. The van der Waals surface area contributed by atoms with Gasteiger partial charge in [-0.3, -0.25) is 4.79 Å². The molecule has 0 saturated heterocycles. The highest BCUT2D eigenvalue weighted by molar-refractivity contribution is 5.92. The van der Waals surface area contributed by atoms with Gasteiger partial charge in [0, 0.05) is 6.42 Å². The van der Waals surface area contributed by atoms with Crippen LogP contribution in [0.25, 0.3) is 0 Å². The lowest BCUT2D eigenvalue weighted by molar-refractivity contribution is 0.0975. The average molecular weight is 141 g/mol. The van der Waals surface area contributed by atoms with Crippen molar-refractivity contribution in [1.29, 1.82) is 0 Å². The summed E-state index contributed by atoms with van der Waals surface area (Å²) in [5, 5.41) is 3.33. The Kier molecular flexibility index (Phi) is 1.66. The number of nitrogen functional groups attached to an aromatic ring is 1. The maximum absolute atomic E-state index is 10.8. The zero-order chi connectivity index (χ0) is 7.56. The van der Waals surface area contributed by atoms with Crippen LogP contribution in [0.3, 0.4) is 0 Å². The van der Waals surface area contributed by atoms with Gasteiger partial charge in [-0.25, -0.2) is 0 Å². The molecule has 0 saturated carbocycles. The van der Waals surface area contributed by atoms with Gasteiger partial charge < -0.3 is 10.3 Å². The highest BCUT2D eigenvalue weighted by atomic mass is 16.5. The molecule has 0 atom stereocenters. The zero-order valence-electron chi connectivity index (χ0n) is 5.50. The maximum atomic E-state index is 10.8. The normalized spacial score (nSPS) is 9.70. The van der Waals surface area contributed by atoms with Crippen LogP contribution >= 0.6 is 0 Å². The lowest BCUT2D eigenvalue weighted by atomic mass is 10.3. The van der Waals surface area contributed by atoms with Crippen molar-refractivity contribution < 1.29 is 9.32 Å². The quantitative estimate of drug-likeness (QED) is 0.596. The molecule has 10 heavy (non-hydrogen) atoms. The molecule has 54 valence electrons. The summed E-state index contributed by atoms with van der Waals surface area (Å²) in [4.78, 5) is 14.3. The molecular formula is C5H7N3O2. The molecule has 2 N–H and O–H groups in total. The molecule has 0 unspecified atom stereocenters. The maximum Gasteiger partial charge on any atom is 0.319 e. The molecule has 5 nitrogen and oxygen atoms in total. The molecule has 0 amide bonds. The van der Waals surface area contributed by atoms with Gasteiger partial charge in [-0.05, 0) is 0 Å². The van der Waals surface area contributed by atoms with Gasteiger partial charge in [0.05, 0.1) is 0 Å². The van der Waals surface area contributed by atoms with Crippen molar-refractivity contribution in [3.63, 3.8) is 0 Å². The van der Waals surface area contributed by atoms with Crippen molar-refractivity contribution in [1.82, 2.24) is 10.1 Å². The second kappa shape index (κ2) is 2.47. The summed E-state index contributed by atoms with van der Waals surface area (Å²) in [5.74, 6) is -0.111. The SMILES string of the molecule is CCC(=O)c1noc(N)n1. The van der Waals surface area contributed by atoms with Crippen LogP contribution in [0.15, 0.2) is 4.52 Å². The predicted molar refractivity (Wildman–Crippen MR) is 33.3 cm³/mol. The Balaban J connectivity index is 2.85. The Morgan fingerprint density at radius 2 is 2.50 bits per heavy atom. The van der Waals surface area contributed by atoms with Crippen molar-refractivity contribution in [3.05, 3.63) is 5.82 Å². The van der Waals surface area contributed by atoms with E-state index < -0.39 is 0 Å². The van der Waals surface area contributed by atoms with Gasteiger partial charge in [0.2, 0.25) is 11.6 Å². The van der Waals surface area contributed by atoms with Crippen LogP contribution in [-0.2, 0) is 0 Å². The highest BCUT2D eigenvalue weighted by Gasteiger charge is 2.09. The number of nitrogens with two attached hydrogens (primary N) is 1. The van der Waals surface area contributed by atoms with E-state index in [1.165, 1.54) is 0 Å². The van der Waals surface area contributed by atoms with Crippen LogP contribution in [0.1, 0.15) is 24.0 Å². The summed E-state index contributed by atoms with van der Waals surface area (Å²) in [6.07, 6.45) is 0.360. The molecule has 0 spiro atoms. The zero-order valence-corrected chi connectivity index (χ0v) is 5.50. The second-order valence-electron chi connectivity index (χ2n) is 1.73. The molecule has 0 radical (unpaired) electrons. The fraction of sp³-hybridized carbons (Fsp3) is 0.400. The first-order chi connectivity index (χ1) is 4.74. The molecule has 0 aliphatic carbocycles. The van der Waals surface area contributed by atoms with E-state index in [4.69, 9.17) is 5.73 Å². The third kappa shape index (κ3) is 1.12. The van der Waals surface area contributed by atoms with Crippen molar-refractivity contribution in [2.75, 3.05) is 5.73 Å². The average Bonchev–Trinajstić information content (AvgIpc) is 2.34. The first-order valence-corrected chi connectivity index (χ1v) is 2.86. The number of anilines is 1. The molecule has 0 aromatic carbocycles. The lowest BCUT2D eigenvalue weighted by Gasteiger charge is -1.82. The van der Waals surface area contributed by atoms with E-state index in [0.717, 1.165) is 0 Å². The van der Waals surface area contributed by atoms with Crippen LogP contribution in [0.5, 0.6) is 0 Å². The van der Waals surface area contributed by atoms with Gasteiger partial charge in [-0.2, -0.15) is 4.98 Å². The second-order valence-corrected chi connectivity index (χ2v) is 1.73. The Morgan fingerprint density at radius 3 is 2.90 bits per heavy atom. The molecule has 5 heteroatoms. The van der Waals surface area contributed by atoms with Gasteiger partial charge in [0.1, 0.15) is 0 Å². The molecule has 1 rings (SSSR count). The molecule has 0 aliphatic heterocycles. The third-order valence-corrected chi connectivity index (χ3v) is 1.01. The van der Waals surface area contributed by atoms with E-state index >= 15 is 0 Å². The first-order valence-electron chi connectivity index (χ1n) is 2.86. The minimum absolute atomic E-state index is 0.0556. The summed E-state index contributed by atoms with van der Waals surface area (Å²) in [7, 11) is 0. The molecule has 1 aromatic heterocycles. The highest BCUT2D eigenvalue weighted by Crippen LogP contribution is 1.99. The number of rotatable bonds is 2. The predicted octanol–water partition coefficient (Wildman–Crippen LogP) is 0.245. The minimum Gasteiger partial charge on any atom is -0.351 e. The van der Waals surface area contributed by atoms with Gasteiger partial charge in [0.25, 0.3) is 0 Å². The smallest absolute Gasteiger partial charge is 0.319 e. The van der Waals surface area contributed by atoms with E-state index in [-0.39, 0.29) is 17.6 Å². The van der Waals surface area contributed by atoms with Crippen molar-refractivity contribution >= 4 is 11.8 Å². The van der Waals surface area contributed by atoms with Gasteiger partial charge in [-0.1, -0.05) is 12.1 Å². The topological polar surface area (TPSA) is 82.0 Å². The number of carbonyl (C=O) groups excluding carboxylic acids is 1. The summed E-state index contributed by atoms with van der Waals surface area (Å²) in [6.45, 7) is 1.72. The molecule has 0 fully saturated rings. The Hall–Kier alpha value is -1.39. The minimum atomic E-state index is -0.166. The molecule has 1 heterocycles. The first kappa shape index (κ1) is 6.73. The number of hydrogen-bond acceptors (Lipinski definition) is 5. The van der Waals surface area contributed by atoms with E-state index in [9.17, 15) is 4.79 Å². The van der Waals surface area contributed by atoms with Gasteiger partial charge in [0.15, 0.2) is 0 Å². The van der Waals surface area contributed by atoms with Gasteiger partial charge >= 0.3 is 6.01 Å². The number of aromatic nitrogens is 2. The van der Waals surface area contributed by atoms with Crippen molar-refractivity contribution in [2.45, 2.75) is 13.3 Å². The lowest BCUT2D eigenvalue weighted by Crippen LogP contribution is -1.98. The molecule has 0 aliphatic rings. The van der Waals surface area contributed by atoms with E-state index in [2.05, 4.69) is 14.7 Å². The van der Waals surface area contributed by atoms with Crippen molar-refractivity contribution in [2.24, 2.45) is 0 Å². The Morgan fingerprint density at radius 1 is 1.80 bits per heavy atom. The largest absolute Gasteiger partial charge is 0.351 e. The summed E-state index contributed by atoms with van der Waals surface area (Å²) in [5.41, 5.74) is 5.08. The van der Waals surface area contributed by atoms with E-state index in [1.807, 2.05) is 0 Å². The van der Waals surface area contributed by atoms with E-state index in [0.29, 0.717) is 6.42 Å².